The highest BCUT2D eigenvalue weighted by Gasteiger charge is 2.51. The van der Waals surface area contributed by atoms with Crippen LogP contribution in [0.2, 0.25) is 0 Å². The van der Waals surface area contributed by atoms with E-state index in [0.29, 0.717) is 12.8 Å². The van der Waals surface area contributed by atoms with Crippen molar-refractivity contribution in [3.05, 3.63) is 12.2 Å². The van der Waals surface area contributed by atoms with Gasteiger partial charge in [0.25, 0.3) is 0 Å². The summed E-state index contributed by atoms with van der Waals surface area (Å²) in [5.41, 5.74) is -0.821. The molecule has 3 heteroatoms. The lowest BCUT2D eigenvalue weighted by Crippen LogP contribution is -2.54. The van der Waals surface area contributed by atoms with Gasteiger partial charge in [0.15, 0.2) is 0 Å². The zero-order chi connectivity index (χ0) is 21.8. The number of carbonyl (C=O) groups excluding carboxylic acids is 1. The fourth-order valence-corrected chi connectivity index (χ4v) is 5.00. The van der Waals surface area contributed by atoms with Gasteiger partial charge in [-0.3, -0.25) is 4.79 Å². The molecule has 1 saturated carbocycles. The third-order valence-electron chi connectivity index (χ3n) is 6.91. The average molecular weight is 409 g/mol. The summed E-state index contributed by atoms with van der Waals surface area (Å²) < 4.78 is 5.74. The third-order valence-corrected chi connectivity index (χ3v) is 6.91. The minimum Gasteiger partial charge on any atom is -0.459 e. The molecule has 0 aromatic heterocycles. The molecule has 0 bridgehead atoms. The summed E-state index contributed by atoms with van der Waals surface area (Å²) in [5.74, 6) is -0.196. The van der Waals surface area contributed by atoms with E-state index in [1.807, 2.05) is 6.92 Å². The number of hydrogen-bond donors (Lipinski definition) is 1. The van der Waals surface area contributed by atoms with Gasteiger partial charge in [0.1, 0.15) is 5.60 Å². The first kappa shape index (κ1) is 26.2. The molecular weight excluding hydrogens is 360 g/mol. The Morgan fingerprint density at radius 1 is 0.966 bits per heavy atom. The zero-order valence-electron chi connectivity index (χ0n) is 20.0. The number of ether oxygens (including phenoxy) is 1. The minimum absolute atomic E-state index is 0.0374. The van der Waals surface area contributed by atoms with Crippen LogP contribution >= 0.6 is 0 Å². The third kappa shape index (κ3) is 9.24. The quantitative estimate of drug-likeness (QED) is 0.185. The van der Waals surface area contributed by atoms with Crippen LogP contribution in [-0.4, -0.2) is 22.8 Å². The Balaban J connectivity index is 2.30. The first-order valence-electron chi connectivity index (χ1n) is 12.3. The summed E-state index contributed by atoms with van der Waals surface area (Å²) in [6.45, 7) is 9.97. The predicted molar refractivity (Wildman–Crippen MR) is 123 cm³/mol. The molecular formula is C26H48O3. The molecule has 3 nitrogen and oxygen atoms in total. The van der Waals surface area contributed by atoms with Gasteiger partial charge in [-0.05, 0) is 32.6 Å². The maximum atomic E-state index is 11.6. The van der Waals surface area contributed by atoms with Gasteiger partial charge in [-0.25, -0.2) is 0 Å². The first-order valence-corrected chi connectivity index (χ1v) is 12.3. The number of rotatable bonds is 14. The van der Waals surface area contributed by atoms with Crippen LogP contribution in [0.15, 0.2) is 12.2 Å². The van der Waals surface area contributed by atoms with Gasteiger partial charge in [0, 0.05) is 18.3 Å². The number of aliphatic hydroxyl groups excluding tert-OH is 1. The lowest BCUT2D eigenvalue weighted by atomic mass is 9.60. The highest BCUT2D eigenvalue weighted by Crippen LogP contribution is 2.49. The van der Waals surface area contributed by atoms with E-state index in [0.717, 1.165) is 6.42 Å². The van der Waals surface area contributed by atoms with Crippen LogP contribution in [0.4, 0.5) is 0 Å². The van der Waals surface area contributed by atoms with Crippen molar-refractivity contribution >= 4 is 5.97 Å². The largest absolute Gasteiger partial charge is 0.459 e. The van der Waals surface area contributed by atoms with Gasteiger partial charge in [-0.2, -0.15) is 0 Å². The summed E-state index contributed by atoms with van der Waals surface area (Å²) >= 11 is 0. The molecule has 0 aliphatic heterocycles. The van der Waals surface area contributed by atoms with Gasteiger partial charge in [0.05, 0.1) is 6.10 Å². The number of aliphatic hydroxyl groups is 1. The molecule has 0 aromatic rings. The van der Waals surface area contributed by atoms with Crippen molar-refractivity contribution in [2.24, 2.45) is 11.3 Å². The van der Waals surface area contributed by atoms with Crippen LogP contribution < -0.4 is 0 Å². The lowest BCUT2D eigenvalue weighted by molar-refractivity contribution is -0.180. The van der Waals surface area contributed by atoms with E-state index in [-0.39, 0.29) is 23.4 Å². The number of carbonyl (C=O) groups is 1. The maximum Gasteiger partial charge on any atom is 0.303 e. The average Bonchev–Trinajstić information content (AvgIpc) is 2.64. The summed E-state index contributed by atoms with van der Waals surface area (Å²) in [6, 6.07) is 0. The molecule has 1 rings (SSSR count). The van der Waals surface area contributed by atoms with E-state index in [2.05, 4.69) is 32.9 Å². The molecule has 1 aliphatic carbocycles. The molecule has 29 heavy (non-hydrogen) atoms. The molecule has 170 valence electrons. The van der Waals surface area contributed by atoms with Crippen LogP contribution in [0.3, 0.4) is 0 Å². The molecule has 0 aromatic carbocycles. The first-order chi connectivity index (χ1) is 13.7. The fourth-order valence-electron chi connectivity index (χ4n) is 5.00. The van der Waals surface area contributed by atoms with Crippen LogP contribution in [0.5, 0.6) is 0 Å². The van der Waals surface area contributed by atoms with E-state index >= 15 is 0 Å². The van der Waals surface area contributed by atoms with E-state index in [4.69, 9.17) is 4.74 Å². The van der Waals surface area contributed by atoms with E-state index in [1.54, 1.807) is 0 Å². The number of allylic oxidation sites excluding steroid dienone is 1. The molecule has 1 unspecified atom stereocenters. The van der Waals surface area contributed by atoms with Crippen molar-refractivity contribution in [1.29, 1.82) is 0 Å². The molecule has 0 amide bonds. The topological polar surface area (TPSA) is 46.5 Å². The van der Waals surface area contributed by atoms with Gasteiger partial charge in [-0.1, -0.05) is 97.1 Å². The predicted octanol–water partition coefficient (Wildman–Crippen LogP) is 7.36. The van der Waals surface area contributed by atoms with Gasteiger partial charge < -0.3 is 9.84 Å². The second-order valence-electron chi connectivity index (χ2n) is 10.0. The van der Waals surface area contributed by atoms with Crippen molar-refractivity contribution in [2.45, 2.75) is 136 Å². The van der Waals surface area contributed by atoms with Crippen LogP contribution in [0, 0.1) is 11.3 Å². The van der Waals surface area contributed by atoms with Crippen molar-refractivity contribution in [3.63, 3.8) is 0 Å². The Morgan fingerprint density at radius 3 is 2.00 bits per heavy atom. The lowest BCUT2D eigenvalue weighted by Gasteiger charge is -2.51. The second-order valence-corrected chi connectivity index (χ2v) is 10.0. The van der Waals surface area contributed by atoms with Gasteiger partial charge in [0.2, 0.25) is 0 Å². The van der Waals surface area contributed by atoms with Crippen molar-refractivity contribution in [3.8, 4) is 0 Å². The molecule has 1 fully saturated rings. The number of unbranched alkanes of at least 4 members (excludes halogenated alkanes) is 11. The Kier molecular flexibility index (Phi) is 12.2. The summed E-state index contributed by atoms with van der Waals surface area (Å²) in [4.78, 5) is 11.6. The Bertz CT molecular complexity index is 482. The van der Waals surface area contributed by atoms with E-state index in [1.165, 1.54) is 77.6 Å². The maximum absolute atomic E-state index is 11.6. The monoisotopic (exact) mass is 408 g/mol. The molecule has 0 heterocycles. The number of hydrogen-bond acceptors (Lipinski definition) is 3. The second kappa shape index (κ2) is 13.5. The standard InChI is InChI=1S/C26H48O3/c1-6-7-8-9-10-11-12-13-14-15-16-17-18-19-23-25(3,4)24(28)20-21-26(23,5)29-22(2)27/h18-19,23-24,28H,6-17,20-21H2,1-5H3/b19-18+/t23-,24?,26+/m0/s1. The summed E-state index contributed by atoms with van der Waals surface area (Å²) in [7, 11) is 0. The van der Waals surface area contributed by atoms with Crippen LogP contribution in [0.25, 0.3) is 0 Å². The van der Waals surface area contributed by atoms with Crippen molar-refractivity contribution in [1.82, 2.24) is 0 Å². The SMILES string of the molecule is CCCCCCCCCCCCC/C=C/[C@H]1C(C)(C)C(O)CC[C@@]1(C)OC(C)=O. The Labute approximate surface area is 180 Å². The highest BCUT2D eigenvalue weighted by atomic mass is 16.6. The van der Waals surface area contributed by atoms with Crippen molar-refractivity contribution < 1.29 is 14.6 Å². The molecule has 1 aliphatic rings. The summed E-state index contributed by atoms with van der Waals surface area (Å²) in [6.07, 6.45) is 21.5. The minimum atomic E-state index is -0.526. The molecule has 0 saturated heterocycles. The Morgan fingerprint density at radius 2 is 1.48 bits per heavy atom. The van der Waals surface area contributed by atoms with Crippen LogP contribution in [0.1, 0.15) is 125 Å². The Hall–Kier alpha value is -0.830. The number of esters is 1. The van der Waals surface area contributed by atoms with Gasteiger partial charge in [-0.15, -0.1) is 0 Å². The molecule has 3 atom stereocenters. The van der Waals surface area contributed by atoms with E-state index < -0.39 is 5.60 Å². The van der Waals surface area contributed by atoms with Crippen LogP contribution in [-0.2, 0) is 9.53 Å². The van der Waals surface area contributed by atoms with Gasteiger partial charge >= 0.3 is 5.97 Å². The summed E-state index contributed by atoms with van der Waals surface area (Å²) in [5, 5.41) is 10.5. The molecule has 1 N–H and O–H groups in total. The normalized spacial score (nSPS) is 26.7. The molecule has 0 radical (unpaired) electrons. The van der Waals surface area contributed by atoms with E-state index in [9.17, 15) is 9.90 Å². The van der Waals surface area contributed by atoms with Crippen molar-refractivity contribution in [2.75, 3.05) is 0 Å². The fraction of sp³-hybridized carbons (Fsp3) is 0.885. The molecule has 0 spiro atoms. The smallest absolute Gasteiger partial charge is 0.303 e. The highest BCUT2D eigenvalue weighted by molar-refractivity contribution is 5.66. The zero-order valence-corrected chi connectivity index (χ0v) is 20.0.